The molecule has 10 nitrogen and oxygen atoms in total. The van der Waals surface area contributed by atoms with E-state index in [9.17, 15) is 19.2 Å². The molecule has 6 rings (SSSR count). The van der Waals surface area contributed by atoms with Gasteiger partial charge >= 0.3 is 23.9 Å². The van der Waals surface area contributed by atoms with Crippen LogP contribution < -0.4 is 14.4 Å². The van der Waals surface area contributed by atoms with Gasteiger partial charge in [-0.05, 0) is 60.0 Å². The zero-order valence-corrected chi connectivity index (χ0v) is 23.2. The normalized spacial score (nSPS) is 16.0. The Morgan fingerprint density at radius 1 is 0.833 bits per heavy atom. The van der Waals surface area contributed by atoms with E-state index in [1.165, 1.54) is 26.0 Å². The summed E-state index contributed by atoms with van der Waals surface area (Å²) in [4.78, 5) is 50.8. The van der Waals surface area contributed by atoms with Gasteiger partial charge in [-0.25, -0.2) is 9.59 Å². The lowest BCUT2D eigenvalue weighted by molar-refractivity contribution is -0.149. The molecular weight excluding hydrogens is 542 g/mol. The van der Waals surface area contributed by atoms with E-state index in [0.717, 1.165) is 11.1 Å². The first-order valence-electron chi connectivity index (χ1n) is 13.0. The molecule has 0 N–H and O–H groups in total. The van der Waals surface area contributed by atoms with Crippen LogP contribution in [-0.4, -0.2) is 44.8 Å². The molecule has 0 amide bonds. The Labute approximate surface area is 240 Å². The number of ether oxygens (including phenoxy) is 5. The number of esters is 4. The van der Waals surface area contributed by atoms with E-state index >= 15 is 0 Å². The first-order chi connectivity index (χ1) is 20.1. The van der Waals surface area contributed by atoms with Crippen LogP contribution in [0.4, 0.5) is 5.69 Å². The van der Waals surface area contributed by atoms with Gasteiger partial charge in [0.25, 0.3) is 0 Å². The van der Waals surface area contributed by atoms with Crippen LogP contribution in [-0.2, 0) is 29.4 Å². The van der Waals surface area contributed by atoms with Gasteiger partial charge < -0.3 is 28.6 Å². The van der Waals surface area contributed by atoms with Crippen molar-refractivity contribution < 1.29 is 42.9 Å². The lowest BCUT2D eigenvalue weighted by Gasteiger charge is -2.37. The van der Waals surface area contributed by atoms with Gasteiger partial charge in [0.05, 0.1) is 11.1 Å². The minimum absolute atomic E-state index is 0.143. The van der Waals surface area contributed by atoms with Crippen LogP contribution in [0, 0.1) is 0 Å². The lowest BCUT2D eigenvalue weighted by atomic mass is 9.76. The Morgan fingerprint density at radius 3 is 2.36 bits per heavy atom. The second-order valence-corrected chi connectivity index (χ2v) is 10.1. The number of benzene rings is 4. The van der Waals surface area contributed by atoms with Gasteiger partial charge in [0.2, 0.25) is 6.79 Å². The SMILES string of the molecule is CC(=O)OCOC(=O)c1ccc2c(c1)C1(OC2=O)c2ccc(N(C)C)cc2Oc2c1ccc1cc(OC(C)=O)ccc21. The first-order valence-corrected chi connectivity index (χ1v) is 13.0. The molecule has 2 aliphatic heterocycles. The minimum Gasteiger partial charge on any atom is -0.456 e. The van der Waals surface area contributed by atoms with E-state index in [-0.39, 0.29) is 11.1 Å². The average molecular weight is 568 g/mol. The van der Waals surface area contributed by atoms with Crippen molar-refractivity contribution in [3.63, 3.8) is 0 Å². The van der Waals surface area contributed by atoms with Crippen LogP contribution in [0.2, 0.25) is 0 Å². The van der Waals surface area contributed by atoms with Crippen LogP contribution in [0.15, 0.2) is 66.7 Å². The molecule has 0 bridgehead atoms. The summed E-state index contributed by atoms with van der Waals surface area (Å²) in [6.07, 6.45) is 0. The monoisotopic (exact) mass is 567 g/mol. The molecule has 0 saturated carbocycles. The zero-order chi connectivity index (χ0) is 29.8. The molecule has 1 unspecified atom stereocenters. The fraction of sp³-hybridized carbons (Fsp3) is 0.188. The number of rotatable bonds is 5. The predicted octanol–water partition coefficient (Wildman–Crippen LogP) is 5.08. The van der Waals surface area contributed by atoms with Gasteiger partial charge in [-0.3, -0.25) is 9.59 Å². The summed E-state index contributed by atoms with van der Waals surface area (Å²) in [6.45, 7) is 1.99. The van der Waals surface area contributed by atoms with Crippen LogP contribution in [0.1, 0.15) is 51.3 Å². The largest absolute Gasteiger partial charge is 0.456 e. The third kappa shape index (κ3) is 4.28. The van der Waals surface area contributed by atoms with E-state index in [1.807, 2.05) is 43.3 Å². The standard InChI is InChI=1S/C32H25NO9/c1-17(34)38-16-39-30(36)20-5-9-24-27(14-20)32(42-31(24)37)25-12-7-21(33(3)4)15-28(25)41-29-23-10-8-22(40-18(2)35)13-19(23)6-11-26(29)32/h5-15H,16H2,1-4H3. The fourth-order valence-electron chi connectivity index (χ4n) is 5.35. The van der Waals surface area contributed by atoms with E-state index in [4.69, 9.17) is 23.7 Å². The molecule has 42 heavy (non-hydrogen) atoms. The van der Waals surface area contributed by atoms with Gasteiger partial charge in [-0.1, -0.05) is 6.07 Å². The number of carbonyl (C=O) groups excluding carboxylic acids is 4. The molecule has 1 atom stereocenters. The van der Waals surface area contributed by atoms with Gasteiger partial charge in [0, 0.05) is 61.8 Å². The quantitative estimate of drug-likeness (QED) is 0.184. The molecule has 0 aliphatic carbocycles. The summed E-state index contributed by atoms with van der Waals surface area (Å²) >= 11 is 0. The van der Waals surface area contributed by atoms with E-state index in [2.05, 4.69) is 0 Å². The summed E-state index contributed by atoms with van der Waals surface area (Å²) in [7, 11) is 3.80. The molecule has 0 fully saturated rings. The number of nitrogens with zero attached hydrogens (tertiary/aromatic N) is 1. The Balaban J connectivity index is 1.57. The summed E-state index contributed by atoms with van der Waals surface area (Å²) in [5, 5.41) is 1.44. The van der Waals surface area contributed by atoms with Crippen LogP contribution in [0.25, 0.3) is 10.8 Å². The second kappa shape index (κ2) is 9.91. The molecule has 1 spiro atoms. The number of hydrogen-bond acceptors (Lipinski definition) is 10. The topological polar surface area (TPSA) is 118 Å². The van der Waals surface area contributed by atoms with Crippen molar-refractivity contribution in [1.82, 2.24) is 0 Å². The predicted molar refractivity (Wildman–Crippen MR) is 150 cm³/mol. The Morgan fingerprint density at radius 2 is 1.62 bits per heavy atom. The highest BCUT2D eigenvalue weighted by molar-refractivity contribution is 6.01. The summed E-state index contributed by atoms with van der Waals surface area (Å²) in [6, 6.07) is 18.9. The van der Waals surface area contributed by atoms with Crippen molar-refractivity contribution in [2.45, 2.75) is 19.4 Å². The molecular formula is C32H25NO9. The summed E-state index contributed by atoms with van der Waals surface area (Å²) in [5.74, 6) is -1.03. The van der Waals surface area contributed by atoms with Crippen molar-refractivity contribution >= 4 is 40.3 Å². The first kappa shape index (κ1) is 26.8. The molecule has 0 saturated heterocycles. The van der Waals surface area contributed by atoms with Crippen molar-refractivity contribution in [2.24, 2.45) is 0 Å². The van der Waals surface area contributed by atoms with E-state index in [1.54, 1.807) is 30.3 Å². The summed E-state index contributed by atoms with van der Waals surface area (Å²) in [5.41, 5.74) is 1.41. The number of hydrogen-bond donors (Lipinski definition) is 0. The molecule has 0 radical (unpaired) electrons. The molecule has 4 aromatic carbocycles. The highest BCUT2D eigenvalue weighted by atomic mass is 16.7. The highest BCUT2D eigenvalue weighted by Gasteiger charge is 2.54. The average Bonchev–Trinajstić information content (AvgIpc) is 3.23. The Hall–Kier alpha value is -5.38. The maximum atomic E-state index is 13.4. The smallest absolute Gasteiger partial charge is 0.341 e. The van der Waals surface area contributed by atoms with Crippen molar-refractivity contribution in [1.29, 1.82) is 0 Å². The van der Waals surface area contributed by atoms with Crippen LogP contribution >= 0.6 is 0 Å². The van der Waals surface area contributed by atoms with Crippen molar-refractivity contribution in [3.8, 4) is 17.2 Å². The molecule has 0 aromatic heterocycles. The van der Waals surface area contributed by atoms with Crippen LogP contribution in [0.5, 0.6) is 17.2 Å². The van der Waals surface area contributed by atoms with Crippen molar-refractivity contribution in [2.75, 3.05) is 25.8 Å². The van der Waals surface area contributed by atoms with Gasteiger partial charge in [0.15, 0.2) is 5.60 Å². The third-order valence-electron chi connectivity index (χ3n) is 7.21. The van der Waals surface area contributed by atoms with Gasteiger partial charge in [0.1, 0.15) is 17.2 Å². The maximum absolute atomic E-state index is 13.4. The van der Waals surface area contributed by atoms with Gasteiger partial charge in [-0.15, -0.1) is 0 Å². The fourth-order valence-corrected chi connectivity index (χ4v) is 5.35. The van der Waals surface area contributed by atoms with E-state index < -0.39 is 36.3 Å². The van der Waals surface area contributed by atoms with Crippen molar-refractivity contribution in [3.05, 3.63) is 94.5 Å². The number of anilines is 1. The molecule has 4 aromatic rings. The Bertz CT molecular complexity index is 1830. The summed E-state index contributed by atoms with van der Waals surface area (Å²) < 4.78 is 27.9. The van der Waals surface area contributed by atoms with E-state index in [0.29, 0.717) is 39.3 Å². The molecule has 2 aliphatic rings. The maximum Gasteiger partial charge on any atom is 0.341 e. The number of carbonyl (C=O) groups is 4. The van der Waals surface area contributed by atoms with Gasteiger partial charge in [-0.2, -0.15) is 0 Å². The zero-order valence-electron chi connectivity index (χ0n) is 23.2. The molecule has 10 heteroatoms. The molecule has 212 valence electrons. The second-order valence-electron chi connectivity index (χ2n) is 10.1. The lowest BCUT2D eigenvalue weighted by Crippen LogP contribution is -2.33. The van der Waals surface area contributed by atoms with Crippen LogP contribution in [0.3, 0.4) is 0 Å². The third-order valence-corrected chi connectivity index (χ3v) is 7.21. The number of fused-ring (bicyclic) bond motifs is 8. The Kier molecular flexibility index (Phi) is 6.33. The minimum atomic E-state index is -1.45. The highest BCUT2D eigenvalue weighted by Crippen LogP contribution is 2.58. The molecule has 2 heterocycles.